The zero-order valence-electron chi connectivity index (χ0n) is 7.48. The van der Waals surface area contributed by atoms with Crippen LogP contribution in [0.1, 0.15) is 5.56 Å². The monoisotopic (exact) mass is 210 g/mol. The van der Waals surface area contributed by atoms with E-state index in [1.165, 1.54) is 12.1 Å². The molecule has 0 atom stereocenters. The largest absolute Gasteiger partial charge is 0.507 e. The molecule has 0 amide bonds. The fraction of sp³-hybridized carbons (Fsp3) is 0. The molecule has 5 heteroatoms. The van der Waals surface area contributed by atoms with Gasteiger partial charge in [0, 0.05) is 11.6 Å². The van der Waals surface area contributed by atoms with E-state index in [-0.39, 0.29) is 5.56 Å². The van der Waals surface area contributed by atoms with Gasteiger partial charge in [0.05, 0.1) is 0 Å². The van der Waals surface area contributed by atoms with Gasteiger partial charge in [-0.1, -0.05) is 0 Å². The predicted molar refractivity (Wildman–Crippen MR) is 49.6 cm³/mol. The lowest BCUT2D eigenvalue weighted by atomic mass is 10.1. The van der Waals surface area contributed by atoms with Gasteiger partial charge in [0.15, 0.2) is 0 Å². The number of hydrogen-bond acceptors (Lipinski definition) is 3. The van der Waals surface area contributed by atoms with Crippen LogP contribution in [0, 0.1) is 5.82 Å². The van der Waals surface area contributed by atoms with E-state index in [1.54, 1.807) is 0 Å². The maximum Gasteiger partial charge on any atom is 0.376 e. The van der Waals surface area contributed by atoms with Gasteiger partial charge in [-0.2, -0.15) is 0 Å². The van der Waals surface area contributed by atoms with Gasteiger partial charge in [-0.15, -0.1) is 0 Å². The maximum absolute atomic E-state index is 12.5. The Bertz CT molecular complexity index is 420. The van der Waals surface area contributed by atoms with E-state index >= 15 is 0 Å². The number of carboxylic acids is 1. The number of aliphatic hydroxyl groups is 1. The van der Waals surface area contributed by atoms with Crippen molar-refractivity contribution in [2.45, 2.75) is 0 Å². The molecule has 0 saturated carbocycles. The Morgan fingerprint density at radius 1 is 1.13 bits per heavy atom. The Hall–Kier alpha value is -2.17. The van der Waals surface area contributed by atoms with Gasteiger partial charge in [0.1, 0.15) is 11.6 Å². The van der Waals surface area contributed by atoms with E-state index in [4.69, 9.17) is 5.11 Å². The molecule has 0 saturated heterocycles. The molecule has 2 N–H and O–H groups in total. The van der Waals surface area contributed by atoms with Crippen LogP contribution in [0.15, 0.2) is 30.3 Å². The van der Waals surface area contributed by atoms with Crippen LogP contribution in [0.5, 0.6) is 0 Å². The normalized spacial score (nSPS) is 11.1. The molecule has 0 unspecified atom stereocenters. The lowest BCUT2D eigenvalue weighted by molar-refractivity contribution is -0.146. The number of aliphatic carboxylic acids is 1. The Balaban J connectivity index is 2.94. The number of aliphatic hydroxyl groups excluding tert-OH is 1. The van der Waals surface area contributed by atoms with Crippen molar-refractivity contribution in [2.75, 3.05) is 0 Å². The summed E-state index contributed by atoms with van der Waals surface area (Å²) in [5.74, 6) is -3.90. The smallest absolute Gasteiger partial charge is 0.376 e. The molecule has 0 aliphatic rings. The molecular weight excluding hydrogens is 203 g/mol. The van der Waals surface area contributed by atoms with E-state index in [1.807, 2.05) is 0 Å². The number of rotatable bonds is 3. The number of benzene rings is 1. The number of carbonyl (C=O) groups is 2. The summed E-state index contributed by atoms with van der Waals surface area (Å²) in [5.41, 5.74) is 0.172. The van der Waals surface area contributed by atoms with E-state index in [0.29, 0.717) is 6.08 Å². The number of halogens is 1. The van der Waals surface area contributed by atoms with Crippen LogP contribution in [-0.2, 0) is 9.59 Å². The lowest BCUT2D eigenvalue weighted by Gasteiger charge is -1.98. The van der Waals surface area contributed by atoms with E-state index in [0.717, 1.165) is 12.1 Å². The lowest BCUT2D eigenvalue weighted by Crippen LogP contribution is -2.09. The first-order chi connectivity index (χ1) is 7.00. The highest BCUT2D eigenvalue weighted by molar-refractivity contribution is 6.38. The predicted octanol–water partition coefficient (Wildman–Crippen LogP) is 1.38. The molecule has 0 aromatic heterocycles. The highest BCUT2D eigenvalue weighted by Gasteiger charge is 2.10. The Labute approximate surface area is 84.3 Å². The summed E-state index contributed by atoms with van der Waals surface area (Å²) in [5, 5.41) is 17.5. The van der Waals surface area contributed by atoms with Gasteiger partial charge in [-0.05, 0) is 24.3 Å². The Morgan fingerprint density at radius 3 is 2.13 bits per heavy atom. The number of ketones is 1. The van der Waals surface area contributed by atoms with E-state index in [2.05, 4.69) is 0 Å². The van der Waals surface area contributed by atoms with Crippen molar-refractivity contribution in [1.29, 1.82) is 0 Å². The van der Waals surface area contributed by atoms with Crippen LogP contribution in [0.25, 0.3) is 5.76 Å². The summed E-state index contributed by atoms with van der Waals surface area (Å²) in [6.07, 6.45) is 0.565. The third-order valence-electron chi connectivity index (χ3n) is 1.62. The van der Waals surface area contributed by atoms with Crippen LogP contribution < -0.4 is 0 Å². The molecule has 1 aromatic rings. The molecule has 4 nitrogen and oxygen atoms in total. The second-order valence-electron chi connectivity index (χ2n) is 2.71. The standard InChI is InChI=1S/C10H7FO4/c11-7-3-1-6(2-4-7)8(12)5-9(13)10(14)15/h1-5,12H,(H,14,15)/b8-5-. The minimum atomic E-state index is -1.66. The van der Waals surface area contributed by atoms with Gasteiger partial charge in [0.25, 0.3) is 5.78 Å². The van der Waals surface area contributed by atoms with Gasteiger partial charge in [-0.3, -0.25) is 4.79 Å². The zero-order valence-corrected chi connectivity index (χ0v) is 7.48. The van der Waals surface area contributed by atoms with Crippen LogP contribution in [0.3, 0.4) is 0 Å². The summed E-state index contributed by atoms with van der Waals surface area (Å²) in [4.78, 5) is 20.8. The molecule has 0 fully saturated rings. The van der Waals surface area contributed by atoms with Crippen LogP contribution >= 0.6 is 0 Å². The number of carboxylic acid groups (broad SMARTS) is 1. The summed E-state index contributed by atoms with van der Waals surface area (Å²) in [6.45, 7) is 0. The third kappa shape index (κ3) is 2.91. The molecule has 78 valence electrons. The molecule has 15 heavy (non-hydrogen) atoms. The topological polar surface area (TPSA) is 74.6 Å². The van der Waals surface area contributed by atoms with E-state index in [9.17, 15) is 19.1 Å². The third-order valence-corrected chi connectivity index (χ3v) is 1.62. The van der Waals surface area contributed by atoms with Gasteiger partial charge >= 0.3 is 5.97 Å². The van der Waals surface area contributed by atoms with Crippen molar-refractivity contribution in [3.8, 4) is 0 Å². The summed E-state index contributed by atoms with van der Waals surface area (Å²) in [7, 11) is 0. The molecular formula is C10H7FO4. The quantitative estimate of drug-likeness (QED) is 0.449. The van der Waals surface area contributed by atoms with E-state index < -0.39 is 23.3 Å². The van der Waals surface area contributed by atoms with Crippen LogP contribution in [0.4, 0.5) is 4.39 Å². The van der Waals surface area contributed by atoms with Crippen molar-refractivity contribution in [3.63, 3.8) is 0 Å². The second kappa shape index (κ2) is 4.36. The molecule has 0 bridgehead atoms. The highest BCUT2D eigenvalue weighted by atomic mass is 19.1. The van der Waals surface area contributed by atoms with Crippen molar-refractivity contribution in [2.24, 2.45) is 0 Å². The van der Waals surface area contributed by atoms with Crippen molar-refractivity contribution in [3.05, 3.63) is 41.7 Å². The van der Waals surface area contributed by atoms with Crippen molar-refractivity contribution in [1.82, 2.24) is 0 Å². The second-order valence-corrected chi connectivity index (χ2v) is 2.71. The average Bonchev–Trinajstić information content (AvgIpc) is 2.18. The fourth-order valence-electron chi connectivity index (χ4n) is 0.890. The van der Waals surface area contributed by atoms with Gasteiger partial charge < -0.3 is 10.2 Å². The Kier molecular flexibility index (Phi) is 3.17. The van der Waals surface area contributed by atoms with Crippen LogP contribution in [-0.4, -0.2) is 22.0 Å². The van der Waals surface area contributed by atoms with Gasteiger partial charge in [0.2, 0.25) is 0 Å². The first-order valence-electron chi connectivity index (χ1n) is 3.94. The maximum atomic E-state index is 12.5. The fourth-order valence-corrected chi connectivity index (χ4v) is 0.890. The van der Waals surface area contributed by atoms with Crippen molar-refractivity contribution >= 4 is 17.5 Å². The molecule has 0 radical (unpaired) electrons. The molecule has 0 spiro atoms. The highest BCUT2D eigenvalue weighted by Crippen LogP contribution is 2.11. The summed E-state index contributed by atoms with van der Waals surface area (Å²) >= 11 is 0. The van der Waals surface area contributed by atoms with Crippen LogP contribution in [0.2, 0.25) is 0 Å². The molecule has 0 heterocycles. The van der Waals surface area contributed by atoms with Crippen molar-refractivity contribution < 1.29 is 24.2 Å². The minimum Gasteiger partial charge on any atom is -0.507 e. The number of hydrogen-bond donors (Lipinski definition) is 2. The Morgan fingerprint density at radius 2 is 1.67 bits per heavy atom. The molecule has 1 rings (SSSR count). The summed E-state index contributed by atoms with van der Waals surface area (Å²) < 4.78 is 12.5. The SMILES string of the molecule is O=C(O)C(=O)/C=C(\O)c1ccc(F)cc1. The first-order valence-corrected chi connectivity index (χ1v) is 3.94. The first kappa shape index (κ1) is 10.9. The minimum absolute atomic E-state index is 0.172. The average molecular weight is 210 g/mol. The molecule has 0 aliphatic carbocycles. The summed E-state index contributed by atoms with van der Waals surface area (Å²) in [6, 6.07) is 4.64. The van der Waals surface area contributed by atoms with Gasteiger partial charge in [-0.25, -0.2) is 9.18 Å². The molecule has 1 aromatic carbocycles. The zero-order chi connectivity index (χ0) is 11.4. The molecule has 0 aliphatic heterocycles. The number of carbonyl (C=O) groups excluding carboxylic acids is 1.